The number of para-hydroxylation sites is 2. The standard InChI is InChI=1S/C28H32N6O7.C28H34N6O4/c1-28(2,3)41-27(37)31-15-13-19(14-16-31)32(17-18-35)26-24(34(38)39)23(25(29)36)33(30-26)20-9-11-22(12-10-20)40-21-7-5-4-6-8-21;1-28(2,3)38-27(36)32-16-13-19(14-17-32)33-18-15-30-23-24(25(29)35)34(31-26(23)33)20-9-11-22(12-10-20)37-21-7-5-4-6-8-21/h4-12,18-19H,13-17H2,1-3H3,(H2,29,36);4-12,19,30H,13-18H2,1-3H3,(H2,29,35). The van der Waals surface area contributed by atoms with Gasteiger partial charge in [0.15, 0.2) is 11.5 Å². The zero-order chi connectivity index (χ0) is 56.6. The van der Waals surface area contributed by atoms with E-state index in [9.17, 15) is 34.1 Å². The molecule has 2 aromatic heterocycles. The monoisotopic (exact) mass is 1080 g/mol. The fourth-order valence-corrected chi connectivity index (χ4v) is 9.54. The number of nitrogens with two attached hydrogens (primary N) is 2. The number of likely N-dealkylation sites (tertiary alicyclic amines) is 2. The quantitative estimate of drug-likeness (QED) is 0.0524. The maximum absolute atomic E-state index is 12.6. The van der Waals surface area contributed by atoms with Crippen molar-refractivity contribution >= 4 is 53.3 Å². The number of carbonyl (C=O) groups is 5. The van der Waals surface area contributed by atoms with E-state index in [1.165, 1.54) is 4.90 Å². The Bertz CT molecular complexity index is 3120. The van der Waals surface area contributed by atoms with Crippen LogP contribution in [0.15, 0.2) is 109 Å². The van der Waals surface area contributed by atoms with Gasteiger partial charge in [0, 0.05) is 51.4 Å². The molecule has 0 atom stereocenters. The molecule has 2 fully saturated rings. The van der Waals surface area contributed by atoms with Crippen molar-refractivity contribution in [1.29, 1.82) is 0 Å². The van der Waals surface area contributed by atoms with Crippen LogP contribution in [0.25, 0.3) is 11.4 Å². The number of fused-ring (bicyclic) bond motifs is 1. The Morgan fingerprint density at radius 1 is 0.658 bits per heavy atom. The molecule has 2 saturated heterocycles. The summed E-state index contributed by atoms with van der Waals surface area (Å²) in [6.07, 6.45) is 2.23. The van der Waals surface area contributed by atoms with Crippen LogP contribution in [-0.4, -0.2) is 134 Å². The number of aromatic nitrogens is 4. The highest BCUT2D eigenvalue weighted by molar-refractivity contribution is 6.01. The molecule has 6 aromatic rings. The van der Waals surface area contributed by atoms with Crippen LogP contribution >= 0.6 is 0 Å². The fraction of sp³-hybridized carbons (Fsp3) is 0.375. The molecule has 3 aliphatic rings. The van der Waals surface area contributed by atoms with Crippen LogP contribution in [0.5, 0.6) is 23.0 Å². The highest BCUT2D eigenvalue weighted by atomic mass is 16.6. The van der Waals surface area contributed by atoms with Gasteiger partial charge in [0.05, 0.1) is 22.8 Å². The van der Waals surface area contributed by atoms with Gasteiger partial charge in [0.25, 0.3) is 11.8 Å². The molecule has 3 aliphatic heterocycles. The van der Waals surface area contributed by atoms with Crippen molar-refractivity contribution in [1.82, 2.24) is 29.4 Å². The third-order valence-electron chi connectivity index (χ3n) is 13.1. The number of carbonyl (C=O) groups excluding carboxylic acids is 5. The van der Waals surface area contributed by atoms with Gasteiger partial charge in [-0.1, -0.05) is 36.4 Å². The van der Waals surface area contributed by atoms with E-state index < -0.39 is 45.4 Å². The van der Waals surface area contributed by atoms with Gasteiger partial charge in [-0.2, -0.15) is 0 Å². The van der Waals surface area contributed by atoms with Crippen LogP contribution in [0.4, 0.5) is 32.6 Å². The zero-order valence-electron chi connectivity index (χ0n) is 45.1. The molecule has 0 radical (unpaired) electrons. The molecule has 9 rings (SSSR count). The van der Waals surface area contributed by atoms with Crippen LogP contribution in [0, 0.1) is 10.1 Å². The van der Waals surface area contributed by atoms with Gasteiger partial charge in [-0.15, -0.1) is 10.2 Å². The van der Waals surface area contributed by atoms with Crippen molar-refractivity contribution in [2.45, 2.75) is 90.5 Å². The number of piperidine rings is 2. The number of benzene rings is 4. The SMILES string of the molecule is CC(C)(C)OC(=O)N1CCC(N(CC=O)c2nn(-c3ccc(Oc4ccccc4)cc3)c(C(N)=O)c2[N+](=O)[O-])CC1.CC(C)(C)OC(=O)N1CCC(N2CCNc3c2nn(-c2ccc(Oc4ccccc4)cc2)c3C(N)=O)CC1. The molecule has 0 saturated carbocycles. The third-order valence-corrected chi connectivity index (χ3v) is 13.1. The van der Waals surface area contributed by atoms with Gasteiger partial charge in [0.1, 0.15) is 46.2 Å². The van der Waals surface area contributed by atoms with E-state index in [1.807, 2.05) is 93.6 Å². The summed E-state index contributed by atoms with van der Waals surface area (Å²) in [6, 6.07) is 32.3. The van der Waals surface area contributed by atoms with Crippen molar-refractivity contribution in [3.05, 3.63) is 131 Å². The Morgan fingerprint density at radius 2 is 1.10 bits per heavy atom. The number of nitro groups is 1. The van der Waals surface area contributed by atoms with E-state index in [0.29, 0.717) is 97.7 Å². The fourth-order valence-electron chi connectivity index (χ4n) is 9.54. The van der Waals surface area contributed by atoms with Gasteiger partial charge in [-0.05, 0) is 140 Å². The first-order valence-electron chi connectivity index (χ1n) is 26.0. The van der Waals surface area contributed by atoms with Crippen LogP contribution in [0.1, 0.15) is 88.2 Å². The molecule has 5 heterocycles. The molecule has 4 amide bonds. The van der Waals surface area contributed by atoms with Crippen molar-refractivity contribution in [3.63, 3.8) is 0 Å². The molecular weight excluding hydrogens is 1020 g/mol. The Kier molecular flexibility index (Phi) is 17.1. The third kappa shape index (κ3) is 13.7. The number of aldehydes is 1. The van der Waals surface area contributed by atoms with E-state index in [1.54, 1.807) is 71.7 Å². The van der Waals surface area contributed by atoms with Crippen LogP contribution in [0.2, 0.25) is 0 Å². The molecule has 0 aliphatic carbocycles. The molecule has 4 aromatic carbocycles. The number of ether oxygens (including phenoxy) is 4. The zero-order valence-corrected chi connectivity index (χ0v) is 45.1. The number of amides is 4. The minimum atomic E-state index is -1.05. The average molecular weight is 1080 g/mol. The number of anilines is 3. The van der Waals surface area contributed by atoms with Gasteiger partial charge in [-0.3, -0.25) is 19.7 Å². The maximum Gasteiger partial charge on any atom is 0.410 e. The minimum absolute atomic E-state index is 0.156. The number of rotatable bonds is 14. The van der Waals surface area contributed by atoms with Crippen LogP contribution < -0.4 is 36.1 Å². The largest absolute Gasteiger partial charge is 0.457 e. The first-order chi connectivity index (χ1) is 37.7. The second kappa shape index (κ2) is 24.0. The summed E-state index contributed by atoms with van der Waals surface area (Å²) in [6.45, 7) is 14.0. The Morgan fingerprint density at radius 3 is 1.53 bits per heavy atom. The molecule has 0 bridgehead atoms. The second-order valence-electron chi connectivity index (χ2n) is 21.0. The summed E-state index contributed by atoms with van der Waals surface area (Å²) in [5.74, 6) is 1.48. The predicted octanol–water partition coefficient (Wildman–Crippen LogP) is 8.47. The van der Waals surface area contributed by atoms with Gasteiger partial charge >= 0.3 is 17.9 Å². The number of hydrogen-bond donors (Lipinski definition) is 3. The topological polar surface area (TPSA) is 278 Å². The molecule has 23 heteroatoms. The lowest BCUT2D eigenvalue weighted by atomic mass is 10.0. The predicted molar refractivity (Wildman–Crippen MR) is 295 cm³/mol. The summed E-state index contributed by atoms with van der Waals surface area (Å²) >= 11 is 0. The van der Waals surface area contributed by atoms with Crippen LogP contribution in [0.3, 0.4) is 0 Å². The summed E-state index contributed by atoms with van der Waals surface area (Å²) in [5, 5.41) is 24.9. The average Bonchev–Trinajstić information content (AvgIpc) is 4.16. The minimum Gasteiger partial charge on any atom is -0.457 e. The van der Waals surface area contributed by atoms with E-state index >= 15 is 0 Å². The lowest BCUT2D eigenvalue weighted by Crippen LogP contribution is -2.50. The molecular formula is C56H66N12O11. The Labute approximate surface area is 457 Å². The number of nitrogens with one attached hydrogen (secondary N) is 1. The molecule has 0 spiro atoms. The van der Waals surface area contributed by atoms with Crippen molar-refractivity contribution in [2.24, 2.45) is 11.5 Å². The van der Waals surface area contributed by atoms with E-state index in [-0.39, 0.29) is 30.5 Å². The van der Waals surface area contributed by atoms with Gasteiger partial charge in [-0.25, -0.2) is 19.0 Å². The molecule has 79 heavy (non-hydrogen) atoms. The van der Waals surface area contributed by atoms with Gasteiger partial charge < -0.3 is 60.1 Å². The molecule has 23 nitrogen and oxygen atoms in total. The van der Waals surface area contributed by atoms with Gasteiger partial charge in [0.2, 0.25) is 11.5 Å². The van der Waals surface area contributed by atoms with E-state index in [4.69, 9.17) is 35.5 Å². The normalized spacial score (nSPS) is 14.9. The van der Waals surface area contributed by atoms with Crippen molar-refractivity contribution in [3.8, 4) is 34.4 Å². The molecule has 416 valence electrons. The maximum atomic E-state index is 12.6. The number of primary amides is 2. The second-order valence-corrected chi connectivity index (χ2v) is 21.0. The highest BCUT2D eigenvalue weighted by Crippen LogP contribution is 2.39. The van der Waals surface area contributed by atoms with Crippen molar-refractivity contribution in [2.75, 3.05) is 60.9 Å². The highest BCUT2D eigenvalue weighted by Gasteiger charge is 2.40. The van der Waals surface area contributed by atoms with E-state index in [0.717, 1.165) is 29.8 Å². The summed E-state index contributed by atoms with van der Waals surface area (Å²) in [4.78, 5) is 80.4. The Balaban J connectivity index is 0.000000209. The Hall–Kier alpha value is -9.15. The lowest BCUT2D eigenvalue weighted by molar-refractivity contribution is -0.384. The van der Waals surface area contributed by atoms with E-state index in [2.05, 4.69) is 15.3 Å². The molecule has 0 unspecified atom stereocenters. The summed E-state index contributed by atoms with van der Waals surface area (Å²) in [5.41, 5.74) is 11.2. The smallest absolute Gasteiger partial charge is 0.410 e. The van der Waals surface area contributed by atoms with Crippen LogP contribution in [-0.2, 0) is 14.3 Å². The first-order valence-corrected chi connectivity index (χ1v) is 26.0. The lowest BCUT2D eigenvalue weighted by Gasteiger charge is -2.40. The summed E-state index contributed by atoms with van der Waals surface area (Å²) < 4.78 is 25.4. The summed E-state index contributed by atoms with van der Waals surface area (Å²) in [7, 11) is 0. The van der Waals surface area contributed by atoms with Crippen molar-refractivity contribution < 1.29 is 47.8 Å². The first kappa shape index (κ1) is 56.1. The number of nitrogens with zero attached hydrogens (tertiary/aromatic N) is 9. The number of hydrogen-bond acceptors (Lipinski definition) is 16. The molecule has 5 N–H and O–H groups in total.